The quantitative estimate of drug-likeness (QED) is 0.868. The number of hydrogen-bond acceptors (Lipinski definition) is 3. The van der Waals surface area contributed by atoms with E-state index in [-0.39, 0.29) is 11.3 Å². The molecule has 3 N–H and O–H groups in total. The minimum atomic E-state index is -0.155. The van der Waals surface area contributed by atoms with Crippen LogP contribution < -0.4 is 11.1 Å². The van der Waals surface area contributed by atoms with Gasteiger partial charge in [-0.3, -0.25) is 4.79 Å². The number of nitrogens with two attached hydrogens (primary N) is 1. The third-order valence-electron chi connectivity index (χ3n) is 4.18. The third-order valence-corrected chi connectivity index (χ3v) is 4.18. The van der Waals surface area contributed by atoms with Crippen molar-refractivity contribution in [3.05, 3.63) is 24.0 Å². The molecule has 1 heterocycles. The molecule has 4 nitrogen and oxygen atoms in total. The van der Waals surface area contributed by atoms with Crippen LogP contribution in [0.2, 0.25) is 0 Å². The summed E-state index contributed by atoms with van der Waals surface area (Å²) in [6, 6.07) is 3.45. The summed E-state index contributed by atoms with van der Waals surface area (Å²) in [5.41, 5.74) is 6.84. The Balaban J connectivity index is 1.99. The van der Waals surface area contributed by atoms with E-state index in [1.165, 1.54) is 32.1 Å². The molecule has 1 aromatic rings. The van der Waals surface area contributed by atoms with Gasteiger partial charge in [0.25, 0.3) is 5.91 Å². The minimum Gasteiger partial charge on any atom is -0.397 e. The number of nitrogen functional groups attached to an aromatic ring is 1. The van der Waals surface area contributed by atoms with Crippen molar-refractivity contribution in [2.24, 2.45) is 11.3 Å². The Morgan fingerprint density at radius 2 is 2.15 bits per heavy atom. The molecular formula is C16H25N3O. The average molecular weight is 275 g/mol. The fraction of sp³-hybridized carbons (Fsp3) is 0.625. The number of aromatic nitrogens is 1. The molecule has 0 aromatic carbocycles. The summed E-state index contributed by atoms with van der Waals surface area (Å²) in [5, 5.41) is 3.05. The molecule has 0 unspecified atom stereocenters. The van der Waals surface area contributed by atoms with Gasteiger partial charge in [0.05, 0.1) is 5.69 Å². The lowest BCUT2D eigenvalue weighted by Gasteiger charge is -2.31. The summed E-state index contributed by atoms with van der Waals surface area (Å²) in [6.07, 6.45) is 7.74. The van der Waals surface area contributed by atoms with E-state index in [9.17, 15) is 4.79 Å². The van der Waals surface area contributed by atoms with Crippen molar-refractivity contribution in [1.29, 1.82) is 0 Å². The molecule has 1 amide bonds. The predicted molar refractivity (Wildman–Crippen MR) is 81.3 cm³/mol. The maximum Gasteiger partial charge on any atom is 0.272 e. The van der Waals surface area contributed by atoms with Crippen LogP contribution in [0.25, 0.3) is 0 Å². The zero-order valence-electron chi connectivity index (χ0n) is 12.5. The molecule has 4 heteroatoms. The zero-order chi connectivity index (χ0) is 14.6. The van der Waals surface area contributed by atoms with E-state index in [0.29, 0.717) is 17.3 Å². The number of rotatable bonds is 5. The number of amides is 1. The first-order chi connectivity index (χ1) is 9.52. The predicted octanol–water partition coefficient (Wildman–Crippen LogP) is 3.00. The molecule has 1 aliphatic carbocycles. The van der Waals surface area contributed by atoms with Crippen molar-refractivity contribution in [1.82, 2.24) is 10.3 Å². The smallest absolute Gasteiger partial charge is 0.272 e. The fourth-order valence-corrected chi connectivity index (χ4v) is 3.40. The van der Waals surface area contributed by atoms with Crippen LogP contribution in [0.5, 0.6) is 0 Å². The van der Waals surface area contributed by atoms with Gasteiger partial charge in [-0.05, 0) is 42.7 Å². The van der Waals surface area contributed by atoms with Crippen LogP contribution in [0.1, 0.15) is 56.4 Å². The maximum absolute atomic E-state index is 12.2. The van der Waals surface area contributed by atoms with Crippen LogP contribution in [-0.2, 0) is 0 Å². The molecule has 0 saturated heterocycles. The lowest BCUT2D eigenvalue weighted by molar-refractivity contribution is 0.0918. The Hall–Kier alpha value is -1.58. The first kappa shape index (κ1) is 14.8. The number of anilines is 1. The molecule has 0 spiro atoms. The minimum absolute atomic E-state index is 0.155. The van der Waals surface area contributed by atoms with Gasteiger partial charge in [0, 0.05) is 12.7 Å². The van der Waals surface area contributed by atoms with Gasteiger partial charge in [0.15, 0.2) is 5.69 Å². The Labute approximate surface area is 121 Å². The summed E-state index contributed by atoms with van der Waals surface area (Å²) in [5.74, 6) is 0.503. The van der Waals surface area contributed by atoms with Crippen LogP contribution in [0, 0.1) is 11.3 Å². The van der Waals surface area contributed by atoms with Crippen LogP contribution in [0.15, 0.2) is 18.3 Å². The van der Waals surface area contributed by atoms with Gasteiger partial charge in [0.1, 0.15) is 0 Å². The fourth-order valence-electron chi connectivity index (χ4n) is 3.40. The summed E-state index contributed by atoms with van der Waals surface area (Å²) in [4.78, 5) is 16.3. The standard InChI is InChI=1S/C16H25N3O/c1-12(2)10-16(7-3-4-8-16)11-19-15(20)14-13(17)6-5-9-18-14/h5-6,9,12H,3-4,7-8,10-11,17H2,1-2H3,(H,19,20). The summed E-state index contributed by atoms with van der Waals surface area (Å²) < 4.78 is 0. The largest absolute Gasteiger partial charge is 0.397 e. The van der Waals surface area contributed by atoms with E-state index in [1.807, 2.05) is 0 Å². The van der Waals surface area contributed by atoms with Crippen LogP contribution >= 0.6 is 0 Å². The lowest BCUT2D eigenvalue weighted by atomic mass is 9.78. The van der Waals surface area contributed by atoms with Gasteiger partial charge in [-0.2, -0.15) is 0 Å². The number of pyridine rings is 1. The highest BCUT2D eigenvalue weighted by atomic mass is 16.1. The Bertz CT molecular complexity index is 465. The molecule has 0 aliphatic heterocycles. The zero-order valence-corrected chi connectivity index (χ0v) is 12.5. The molecule has 20 heavy (non-hydrogen) atoms. The molecule has 110 valence electrons. The molecule has 0 atom stereocenters. The van der Waals surface area contributed by atoms with Crippen molar-refractivity contribution < 1.29 is 4.79 Å². The molecule has 1 saturated carbocycles. The van der Waals surface area contributed by atoms with Gasteiger partial charge in [-0.1, -0.05) is 26.7 Å². The third kappa shape index (κ3) is 3.50. The highest BCUT2D eigenvalue weighted by Crippen LogP contribution is 2.42. The van der Waals surface area contributed by atoms with Gasteiger partial charge < -0.3 is 11.1 Å². The molecule has 2 rings (SSSR count). The summed E-state index contributed by atoms with van der Waals surface area (Å²) in [6.45, 7) is 5.23. The van der Waals surface area contributed by atoms with E-state index in [0.717, 1.165) is 6.54 Å². The van der Waals surface area contributed by atoms with Crippen molar-refractivity contribution in [2.75, 3.05) is 12.3 Å². The topological polar surface area (TPSA) is 68.0 Å². The van der Waals surface area contributed by atoms with Crippen molar-refractivity contribution >= 4 is 11.6 Å². The number of nitrogens with zero attached hydrogens (tertiary/aromatic N) is 1. The van der Waals surface area contributed by atoms with Crippen LogP contribution in [-0.4, -0.2) is 17.4 Å². The van der Waals surface area contributed by atoms with E-state index >= 15 is 0 Å². The van der Waals surface area contributed by atoms with E-state index in [4.69, 9.17) is 5.73 Å². The van der Waals surface area contributed by atoms with Gasteiger partial charge in [-0.15, -0.1) is 0 Å². The Morgan fingerprint density at radius 1 is 1.45 bits per heavy atom. The van der Waals surface area contributed by atoms with Gasteiger partial charge >= 0.3 is 0 Å². The van der Waals surface area contributed by atoms with Gasteiger partial charge in [-0.25, -0.2) is 4.98 Å². The Morgan fingerprint density at radius 3 is 2.75 bits per heavy atom. The molecule has 1 aliphatic rings. The lowest BCUT2D eigenvalue weighted by Crippen LogP contribution is -2.37. The maximum atomic E-state index is 12.2. The SMILES string of the molecule is CC(C)CC1(CNC(=O)c2ncccc2N)CCCC1. The first-order valence-electron chi connectivity index (χ1n) is 7.51. The average Bonchev–Trinajstić information content (AvgIpc) is 2.84. The molecule has 1 fully saturated rings. The monoisotopic (exact) mass is 275 g/mol. The molecule has 0 bridgehead atoms. The highest BCUT2D eigenvalue weighted by Gasteiger charge is 2.34. The number of nitrogens with one attached hydrogen (secondary N) is 1. The highest BCUT2D eigenvalue weighted by molar-refractivity contribution is 5.96. The van der Waals surface area contributed by atoms with Gasteiger partial charge in [0.2, 0.25) is 0 Å². The second-order valence-electron chi connectivity index (χ2n) is 6.43. The van der Waals surface area contributed by atoms with E-state index < -0.39 is 0 Å². The molecular weight excluding hydrogens is 250 g/mol. The summed E-state index contributed by atoms with van der Waals surface area (Å²) >= 11 is 0. The van der Waals surface area contributed by atoms with Crippen LogP contribution in [0.4, 0.5) is 5.69 Å². The number of carbonyl (C=O) groups excluding carboxylic acids is 1. The van der Waals surface area contributed by atoms with E-state index in [2.05, 4.69) is 24.1 Å². The second-order valence-corrected chi connectivity index (χ2v) is 6.43. The normalized spacial score (nSPS) is 17.4. The van der Waals surface area contributed by atoms with Crippen molar-refractivity contribution in [2.45, 2.75) is 46.0 Å². The Kier molecular flexibility index (Phi) is 4.63. The first-order valence-corrected chi connectivity index (χ1v) is 7.51. The number of carbonyl (C=O) groups is 1. The summed E-state index contributed by atoms with van der Waals surface area (Å²) in [7, 11) is 0. The van der Waals surface area contributed by atoms with Crippen LogP contribution in [0.3, 0.4) is 0 Å². The van der Waals surface area contributed by atoms with Crippen molar-refractivity contribution in [3.8, 4) is 0 Å². The van der Waals surface area contributed by atoms with Crippen molar-refractivity contribution in [3.63, 3.8) is 0 Å². The van der Waals surface area contributed by atoms with E-state index in [1.54, 1.807) is 18.3 Å². The molecule has 0 radical (unpaired) electrons. The number of hydrogen-bond donors (Lipinski definition) is 2. The molecule has 1 aromatic heterocycles. The second kappa shape index (κ2) is 6.25.